The number of nitrogens with zero attached hydrogens (tertiary/aromatic N) is 1. The van der Waals surface area contributed by atoms with E-state index >= 15 is 0 Å². The third-order valence-electron chi connectivity index (χ3n) is 4.25. The molecular weight excluding hydrogens is 256 g/mol. The van der Waals surface area contributed by atoms with E-state index in [0.29, 0.717) is 0 Å². The van der Waals surface area contributed by atoms with Gasteiger partial charge in [-0.2, -0.15) is 0 Å². The molecule has 2 aromatic rings. The molecule has 0 unspecified atom stereocenters. The molecule has 1 saturated carbocycles. The Morgan fingerprint density at radius 1 is 1.25 bits per heavy atom. The summed E-state index contributed by atoms with van der Waals surface area (Å²) in [5.41, 5.74) is -0.211. The first-order chi connectivity index (χ1) is 9.80. The van der Waals surface area contributed by atoms with Crippen molar-refractivity contribution in [1.29, 1.82) is 0 Å². The first-order valence-corrected chi connectivity index (χ1v) is 6.87. The molecule has 1 aromatic carbocycles. The number of ether oxygens (including phenoxy) is 2. The van der Waals surface area contributed by atoms with Crippen molar-refractivity contribution in [3.8, 4) is 11.5 Å². The number of aliphatic hydroxyl groups excluding tert-OH is 1. The topological polar surface area (TPSA) is 63.6 Å². The quantitative estimate of drug-likeness (QED) is 0.897. The highest BCUT2D eigenvalue weighted by Gasteiger charge is 2.36. The first kappa shape index (κ1) is 11.8. The Balaban J connectivity index is 1.79. The lowest BCUT2D eigenvalue weighted by atomic mass is 9.77. The Morgan fingerprint density at radius 2 is 2.05 bits per heavy atom. The molecule has 0 spiro atoms. The van der Waals surface area contributed by atoms with Gasteiger partial charge in [-0.15, -0.1) is 0 Å². The van der Waals surface area contributed by atoms with Gasteiger partial charge in [-0.25, -0.2) is 4.98 Å². The summed E-state index contributed by atoms with van der Waals surface area (Å²) in [7, 11) is 0. The lowest BCUT2D eigenvalue weighted by Crippen LogP contribution is -2.48. The average molecular weight is 272 g/mol. The van der Waals surface area contributed by atoms with Gasteiger partial charge in [-0.3, -0.25) is 0 Å². The van der Waals surface area contributed by atoms with Crippen LogP contribution in [0.5, 0.6) is 11.5 Å². The Morgan fingerprint density at radius 3 is 2.75 bits per heavy atom. The third-order valence-corrected chi connectivity index (χ3v) is 4.25. The van der Waals surface area contributed by atoms with Crippen molar-refractivity contribution in [3.63, 3.8) is 0 Å². The molecule has 0 atom stereocenters. The molecule has 0 amide bonds. The van der Waals surface area contributed by atoms with Crippen molar-refractivity contribution in [1.82, 2.24) is 4.98 Å². The van der Waals surface area contributed by atoms with Crippen LogP contribution in [0, 0.1) is 0 Å². The molecule has 1 fully saturated rings. The third kappa shape index (κ3) is 1.70. The molecule has 20 heavy (non-hydrogen) atoms. The van der Waals surface area contributed by atoms with Crippen LogP contribution in [-0.2, 0) is 0 Å². The van der Waals surface area contributed by atoms with Gasteiger partial charge >= 0.3 is 0 Å². The van der Waals surface area contributed by atoms with Crippen LogP contribution < -0.4 is 14.8 Å². The lowest BCUT2D eigenvalue weighted by molar-refractivity contribution is 0.144. The molecule has 5 heteroatoms. The number of fused-ring (bicyclic) bond motifs is 2. The SMILES string of the molecule is OCC1(Nc2nccc3cc4c(cc23)OCO4)CCC1. The normalized spacial score (nSPS) is 18.9. The summed E-state index contributed by atoms with van der Waals surface area (Å²) in [5, 5.41) is 15.1. The maximum Gasteiger partial charge on any atom is 0.231 e. The van der Waals surface area contributed by atoms with E-state index < -0.39 is 0 Å². The van der Waals surface area contributed by atoms with Crippen LogP contribution >= 0.6 is 0 Å². The van der Waals surface area contributed by atoms with E-state index in [1.54, 1.807) is 6.20 Å². The zero-order valence-corrected chi connectivity index (χ0v) is 11.1. The second kappa shape index (κ2) is 4.24. The highest BCUT2D eigenvalue weighted by molar-refractivity contribution is 5.94. The largest absolute Gasteiger partial charge is 0.454 e. The van der Waals surface area contributed by atoms with E-state index in [0.717, 1.165) is 47.4 Å². The second-order valence-electron chi connectivity index (χ2n) is 5.50. The van der Waals surface area contributed by atoms with E-state index in [-0.39, 0.29) is 18.9 Å². The number of nitrogens with one attached hydrogen (secondary N) is 1. The smallest absolute Gasteiger partial charge is 0.231 e. The van der Waals surface area contributed by atoms with Gasteiger partial charge in [0.05, 0.1) is 12.1 Å². The zero-order valence-electron chi connectivity index (χ0n) is 11.1. The van der Waals surface area contributed by atoms with E-state index in [1.165, 1.54) is 0 Å². The summed E-state index contributed by atoms with van der Waals surface area (Å²) < 4.78 is 10.8. The van der Waals surface area contributed by atoms with Gasteiger partial charge in [0.1, 0.15) is 5.82 Å². The van der Waals surface area contributed by atoms with Crippen molar-refractivity contribution in [2.75, 3.05) is 18.7 Å². The molecule has 2 aliphatic rings. The summed E-state index contributed by atoms with van der Waals surface area (Å²) in [4.78, 5) is 4.43. The number of aromatic nitrogens is 1. The molecule has 104 valence electrons. The van der Waals surface area contributed by atoms with Crippen molar-refractivity contribution in [2.24, 2.45) is 0 Å². The minimum atomic E-state index is -0.211. The van der Waals surface area contributed by atoms with Crippen LogP contribution in [0.15, 0.2) is 24.4 Å². The fourth-order valence-electron chi connectivity index (χ4n) is 2.84. The van der Waals surface area contributed by atoms with Gasteiger partial charge in [0, 0.05) is 11.6 Å². The van der Waals surface area contributed by atoms with Gasteiger partial charge in [0.25, 0.3) is 0 Å². The summed E-state index contributed by atoms with van der Waals surface area (Å²) in [6, 6.07) is 5.88. The maximum atomic E-state index is 9.59. The number of benzene rings is 1. The number of anilines is 1. The number of rotatable bonds is 3. The molecule has 5 nitrogen and oxygen atoms in total. The van der Waals surface area contributed by atoms with Gasteiger partial charge in [0.2, 0.25) is 6.79 Å². The van der Waals surface area contributed by atoms with Crippen LogP contribution in [0.3, 0.4) is 0 Å². The van der Waals surface area contributed by atoms with Gasteiger partial charge in [-0.05, 0) is 42.8 Å². The molecule has 0 saturated heterocycles. The van der Waals surface area contributed by atoms with E-state index in [4.69, 9.17) is 9.47 Å². The molecule has 0 bridgehead atoms. The predicted molar refractivity (Wildman–Crippen MR) is 75.2 cm³/mol. The minimum absolute atomic E-state index is 0.135. The van der Waals surface area contributed by atoms with Crippen LogP contribution in [0.1, 0.15) is 19.3 Å². The molecule has 2 N–H and O–H groups in total. The Labute approximate surface area is 116 Å². The monoisotopic (exact) mass is 272 g/mol. The van der Waals surface area contributed by atoms with Crippen molar-refractivity contribution < 1.29 is 14.6 Å². The first-order valence-electron chi connectivity index (χ1n) is 6.87. The van der Waals surface area contributed by atoms with Crippen LogP contribution in [0.25, 0.3) is 10.8 Å². The van der Waals surface area contributed by atoms with Crippen molar-refractivity contribution in [3.05, 3.63) is 24.4 Å². The van der Waals surface area contributed by atoms with Gasteiger partial charge < -0.3 is 19.9 Å². The van der Waals surface area contributed by atoms with Crippen molar-refractivity contribution in [2.45, 2.75) is 24.8 Å². The number of pyridine rings is 1. The Kier molecular flexibility index (Phi) is 2.50. The molecule has 1 aliphatic carbocycles. The molecule has 4 rings (SSSR count). The van der Waals surface area contributed by atoms with Gasteiger partial charge in [0.15, 0.2) is 11.5 Å². The van der Waals surface area contributed by atoms with E-state index in [2.05, 4.69) is 10.3 Å². The average Bonchev–Trinajstić information content (AvgIpc) is 2.88. The maximum absolute atomic E-state index is 9.59. The Hall–Kier alpha value is -2.01. The number of hydrogen-bond acceptors (Lipinski definition) is 5. The van der Waals surface area contributed by atoms with Crippen molar-refractivity contribution >= 4 is 16.6 Å². The molecule has 0 radical (unpaired) electrons. The molecule has 2 heterocycles. The lowest BCUT2D eigenvalue weighted by Gasteiger charge is -2.41. The molecular formula is C15H16N2O3. The van der Waals surface area contributed by atoms with Gasteiger partial charge in [-0.1, -0.05) is 0 Å². The standard InChI is InChI=1S/C15H16N2O3/c18-8-15(3-1-4-15)17-14-11-7-13-12(19-9-20-13)6-10(11)2-5-16-14/h2,5-7,18H,1,3-4,8-9H2,(H,16,17). The fraction of sp³-hybridized carbons (Fsp3) is 0.400. The summed E-state index contributed by atoms with van der Waals surface area (Å²) in [5.74, 6) is 2.32. The predicted octanol–water partition coefficient (Wildman–Crippen LogP) is 2.29. The molecule has 1 aromatic heterocycles. The number of aliphatic hydroxyl groups is 1. The zero-order chi connectivity index (χ0) is 13.6. The second-order valence-corrected chi connectivity index (χ2v) is 5.50. The highest BCUT2D eigenvalue weighted by Crippen LogP contribution is 2.40. The minimum Gasteiger partial charge on any atom is -0.454 e. The molecule has 1 aliphatic heterocycles. The van der Waals surface area contributed by atoms with Crippen LogP contribution in [0.4, 0.5) is 5.82 Å². The fourth-order valence-corrected chi connectivity index (χ4v) is 2.84. The number of hydrogen-bond donors (Lipinski definition) is 2. The Bertz CT molecular complexity index is 662. The highest BCUT2D eigenvalue weighted by atomic mass is 16.7. The van der Waals surface area contributed by atoms with Crippen LogP contribution in [-0.4, -0.2) is 29.0 Å². The van der Waals surface area contributed by atoms with E-state index in [1.807, 2.05) is 18.2 Å². The summed E-state index contributed by atoms with van der Waals surface area (Å²) in [6.07, 6.45) is 4.87. The summed E-state index contributed by atoms with van der Waals surface area (Å²) >= 11 is 0. The summed E-state index contributed by atoms with van der Waals surface area (Å²) in [6.45, 7) is 0.401. The van der Waals surface area contributed by atoms with E-state index in [9.17, 15) is 5.11 Å². The van der Waals surface area contributed by atoms with Crippen LogP contribution in [0.2, 0.25) is 0 Å².